The van der Waals surface area contributed by atoms with Crippen molar-refractivity contribution in [2.75, 3.05) is 15.6 Å². The molecule has 0 saturated heterocycles. The molecular weight excluding hydrogens is 327 g/mol. The number of rotatable bonds is 3. The van der Waals surface area contributed by atoms with E-state index in [0.29, 0.717) is 12.2 Å². The van der Waals surface area contributed by atoms with Gasteiger partial charge < -0.3 is 0 Å². The van der Waals surface area contributed by atoms with E-state index in [1.807, 2.05) is 12.1 Å². The third kappa shape index (κ3) is 2.89. The van der Waals surface area contributed by atoms with Gasteiger partial charge in [-0.05, 0) is 42.7 Å². The summed E-state index contributed by atoms with van der Waals surface area (Å²) < 4.78 is 42.1. The topological polar surface area (TPSA) is 49.4 Å². The van der Waals surface area contributed by atoms with Gasteiger partial charge in [0.05, 0.1) is 16.4 Å². The van der Waals surface area contributed by atoms with Crippen LogP contribution in [-0.4, -0.2) is 15.0 Å². The lowest BCUT2D eigenvalue weighted by atomic mass is 10.0. The molecular formula is C15H14ClFN2O2S. The number of para-hydroxylation sites is 1. The minimum Gasteiger partial charge on any atom is -0.267 e. The average molecular weight is 341 g/mol. The van der Waals surface area contributed by atoms with Crippen LogP contribution in [-0.2, 0) is 16.6 Å². The van der Waals surface area contributed by atoms with Crippen molar-refractivity contribution >= 4 is 33.2 Å². The van der Waals surface area contributed by atoms with Crippen molar-refractivity contribution in [2.45, 2.75) is 12.8 Å². The Hall–Kier alpha value is -1.79. The van der Waals surface area contributed by atoms with E-state index in [2.05, 4.69) is 4.72 Å². The number of halogens is 2. The fourth-order valence-electron chi connectivity index (χ4n) is 2.51. The van der Waals surface area contributed by atoms with Gasteiger partial charge in [-0.2, -0.15) is 8.42 Å². The molecule has 1 N–H and O–H groups in total. The summed E-state index contributed by atoms with van der Waals surface area (Å²) in [6, 6.07) is 11.1. The molecule has 0 bridgehead atoms. The maximum absolute atomic E-state index is 13.2. The standard InChI is InChI=1S/C15H14ClFN2O2S/c16-13-10-12(7-8-14(13)17)18-22(20,21)19-9-3-5-11-4-1-2-6-15(11)19/h1-2,4,6-8,10,18H,3,5,9H2. The Morgan fingerprint density at radius 2 is 1.95 bits per heavy atom. The molecule has 0 amide bonds. The largest absolute Gasteiger partial charge is 0.323 e. The summed E-state index contributed by atoms with van der Waals surface area (Å²) in [6.07, 6.45) is 1.60. The Morgan fingerprint density at radius 3 is 2.73 bits per heavy atom. The van der Waals surface area contributed by atoms with Gasteiger partial charge in [-0.1, -0.05) is 29.8 Å². The van der Waals surface area contributed by atoms with Gasteiger partial charge in [0, 0.05) is 6.54 Å². The van der Waals surface area contributed by atoms with E-state index in [1.54, 1.807) is 12.1 Å². The molecule has 3 rings (SSSR count). The zero-order chi connectivity index (χ0) is 15.7. The fourth-order valence-corrected chi connectivity index (χ4v) is 4.03. The minimum atomic E-state index is -3.78. The summed E-state index contributed by atoms with van der Waals surface area (Å²) in [5.74, 6) is -0.590. The van der Waals surface area contributed by atoms with Gasteiger partial charge in [0.2, 0.25) is 0 Å². The second kappa shape index (κ2) is 5.78. The first-order valence-corrected chi connectivity index (χ1v) is 8.62. The van der Waals surface area contributed by atoms with E-state index in [-0.39, 0.29) is 10.7 Å². The molecule has 1 aliphatic rings. The third-order valence-corrected chi connectivity index (χ3v) is 5.27. The van der Waals surface area contributed by atoms with Crippen LogP contribution in [0.3, 0.4) is 0 Å². The van der Waals surface area contributed by atoms with Gasteiger partial charge in [-0.3, -0.25) is 9.03 Å². The van der Waals surface area contributed by atoms with Crippen molar-refractivity contribution in [2.24, 2.45) is 0 Å². The lowest BCUT2D eigenvalue weighted by molar-refractivity contribution is 0.591. The summed E-state index contributed by atoms with van der Waals surface area (Å²) in [5.41, 5.74) is 1.90. The number of nitrogens with zero attached hydrogens (tertiary/aromatic N) is 1. The Bertz CT molecular complexity index is 811. The van der Waals surface area contributed by atoms with E-state index >= 15 is 0 Å². The van der Waals surface area contributed by atoms with Crippen molar-refractivity contribution < 1.29 is 12.8 Å². The van der Waals surface area contributed by atoms with Gasteiger partial charge >= 0.3 is 10.2 Å². The molecule has 1 aliphatic heterocycles. The van der Waals surface area contributed by atoms with Gasteiger partial charge in [0.15, 0.2) is 0 Å². The summed E-state index contributed by atoms with van der Waals surface area (Å²) in [5, 5.41) is -0.126. The Morgan fingerprint density at radius 1 is 1.18 bits per heavy atom. The fraction of sp³-hybridized carbons (Fsp3) is 0.200. The van der Waals surface area contributed by atoms with Gasteiger partial charge in [-0.25, -0.2) is 4.39 Å². The van der Waals surface area contributed by atoms with Crippen LogP contribution >= 0.6 is 11.6 Å². The van der Waals surface area contributed by atoms with Gasteiger partial charge in [0.25, 0.3) is 0 Å². The normalized spacial score (nSPS) is 14.5. The summed E-state index contributed by atoms with van der Waals surface area (Å²) >= 11 is 5.69. The van der Waals surface area contributed by atoms with Crippen LogP contribution in [0.4, 0.5) is 15.8 Å². The van der Waals surface area contributed by atoms with Crippen LogP contribution in [0.2, 0.25) is 5.02 Å². The number of hydrogen-bond donors (Lipinski definition) is 1. The van der Waals surface area contributed by atoms with Crippen molar-refractivity contribution in [1.82, 2.24) is 0 Å². The zero-order valence-electron chi connectivity index (χ0n) is 11.6. The second-order valence-electron chi connectivity index (χ2n) is 5.04. The van der Waals surface area contributed by atoms with Gasteiger partial charge in [0.1, 0.15) is 5.82 Å². The van der Waals surface area contributed by atoms with E-state index < -0.39 is 16.0 Å². The Labute approximate surface area is 133 Å². The summed E-state index contributed by atoms with van der Waals surface area (Å²) in [6.45, 7) is 0.404. The maximum Gasteiger partial charge on any atom is 0.323 e. The molecule has 116 valence electrons. The highest BCUT2D eigenvalue weighted by Gasteiger charge is 2.27. The molecule has 7 heteroatoms. The van der Waals surface area contributed by atoms with Crippen LogP contribution in [0.1, 0.15) is 12.0 Å². The molecule has 0 aliphatic carbocycles. The number of anilines is 2. The second-order valence-corrected chi connectivity index (χ2v) is 7.04. The molecule has 0 spiro atoms. The van der Waals surface area contributed by atoms with E-state index in [1.165, 1.54) is 16.4 Å². The van der Waals surface area contributed by atoms with Crippen LogP contribution in [0.5, 0.6) is 0 Å². The van der Waals surface area contributed by atoms with Crippen molar-refractivity contribution in [3.8, 4) is 0 Å². The molecule has 0 saturated carbocycles. The van der Waals surface area contributed by atoms with Crippen LogP contribution < -0.4 is 9.03 Å². The SMILES string of the molecule is O=S(=O)(Nc1ccc(F)c(Cl)c1)N1CCCc2ccccc21. The smallest absolute Gasteiger partial charge is 0.267 e. The summed E-state index contributed by atoms with van der Waals surface area (Å²) in [7, 11) is -3.78. The minimum absolute atomic E-state index is 0.126. The molecule has 2 aromatic rings. The maximum atomic E-state index is 13.2. The predicted octanol–water partition coefficient (Wildman–Crippen LogP) is 3.59. The first-order valence-electron chi connectivity index (χ1n) is 6.81. The van der Waals surface area contributed by atoms with Gasteiger partial charge in [-0.15, -0.1) is 0 Å². The quantitative estimate of drug-likeness (QED) is 0.928. The highest BCUT2D eigenvalue weighted by molar-refractivity contribution is 7.94. The number of benzene rings is 2. The summed E-state index contributed by atoms with van der Waals surface area (Å²) in [4.78, 5) is 0. The number of nitrogens with one attached hydrogen (secondary N) is 1. The van der Waals surface area contributed by atoms with Crippen molar-refractivity contribution in [3.63, 3.8) is 0 Å². The lowest BCUT2D eigenvalue weighted by Crippen LogP contribution is -2.39. The third-order valence-electron chi connectivity index (χ3n) is 3.52. The molecule has 4 nitrogen and oxygen atoms in total. The molecule has 0 aromatic heterocycles. The molecule has 0 fully saturated rings. The molecule has 0 unspecified atom stereocenters. The van der Waals surface area contributed by atoms with Crippen molar-refractivity contribution in [1.29, 1.82) is 0 Å². The van der Waals surface area contributed by atoms with E-state index in [0.717, 1.165) is 24.5 Å². The Kier molecular flexibility index (Phi) is 3.97. The van der Waals surface area contributed by atoms with Crippen LogP contribution in [0, 0.1) is 5.82 Å². The molecule has 0 atom stereocenters. The highest BCUT2D eigenvalue weighted by Crippen LogP contribution is 2.30. The molecule has 1 heterocycles. The zero-order valence-corrected chi connectivity index (χ0v) is 13.2. The molecule has 2 aromatic carbocycles. The first-order chi connectivity index (χ1) is 10.5. The molecule has 0 radical (unpaired) electrons. The average Bonchev–Trinajstić information content (AvgIpc) is 2.50. The van der Waals surface area contributed by atoms with E-state index in [9.17, 15) is 12.8 Å². The van der Waals surface area contributed by atoms with E-state index in [4.69, 9.17) is 11.6 Å². The highest BCUT2D eigenvalue weighted by atomic mass is 35.5. The lowest BCUT2D eigenvalue weighted by Gasteiger charge is -2.30. The molecule has 22 heavy (non-hydrogen) atoms. The Balaban J connectivity index is 1.92. The van der Waals surface area contributed by atoms with Crippen LogP contribution in [0.15, 0.2) is 42.5 Å². The monoisotopic (exact) mass is 340 g/mol. The van der Waals surface area contributed by atoms with Crippen molar-refractivity contribution in [3.05, 3.63) is 58.9 Å². The number of hydrogen-bond acceptors (Lipinski definition) is 2. The predicted molar refractivity (Wildman–Crippen MR) is 86.1 cm³/mol. The number of fused-ring (bicyclic) bond motifs is 1. The van der Waals surface area contributed by atoms with Crippen LogP contribution in [0.25, 0.3) is 0 Å². The number of aryl methyl sites for hydroxylation is 1. The first kappa shape index (κ1) is 15.1.